The summed E-state index contributed by atoms with van der Waals surface area (Å²) in [6.07, 6.45) is 3.34. The summed E-state index contributed by atoms with van der Waals surface area (Å²) < 4.78 is 29.1. The van der Waals surface area contributed by atoms with Crippen LogP contribution in [0.2, 0.25) is 0 Å². The normalized spacial score (nSPS) is 15.3. The maximum atomic E-state index is 12.8. The molecule has 0 unspecified atom stereocenters. The zero-order valence-electron chi connectivity index (χ0n) is 17.0. The number of rotatable bonds is 6. The van der Waals surface area contributed by atoms with Crippen molar-refractivity contribution in [1.82, 2.24) is 8.87 Å². The number of carbonyl (C=O) groups excluding carboxylic acids is 1. The van der Waals surface area contributed by atoms with Crippen LogP contribution in [0.25, 0.3) is 10.2 Å². The maximum Gasteiger partial charge on any atom is 0.279 e. The van der Waals surface area contributed by atoms with Gasteiger partial charge in [-0.3, -0.25) is 14.9 Å². The minimum atomic E-state index is -3.56. The van der Waals surface area contributed by atoms with Crippen LogP contribution in [0.3, 0.4) is 0 Å². The zero-order valence-corrected chi connectivity index (χ0v) is 18.6. The van der Waals surface area contributed by atoms with Gasteiger partial charge in [-0.05, 0) is 43.2 Å². The number of hydrogen-bond donors (Lipinski definition) is 0. The monoisotopic (exact) mass is 472 g/mol. The van der Waals surface area contributed by atoms with Gasteiger partial charge in [0.05, 0.1) is 20.0 Å². The predicted octanol–water partition coefficient (Wildman–Crippen LogP) is 3.32. The number of hydrogen-bond acceptors (Lipinski definition) is 6. The van der Waals surface area contributed by atoms with E-state index in [-0.39, 0.29) is 16.1 Å². The third-order valence-corrected chi connectivity index (χ3v) is 8.14. The SMILES string of the molecule is C=CCn1c(=NC(=O)c2ccc(S(=O)(=O)N3CCCC3)cc2)sc2cc([N+](=O)[O-])ccc21. The summed E-state index contributed by atoms with van der Waals surface area (Å²) in [6.45, 7) is 5.10. The topological polar surface area (TPSA) is 115 Å². The number of nitro benzene ring substituents is 1. The molecule has 0 aliphatic carbocycles. The number of benzene rings is 2. The van der Waals surface area contributed by atoms with Crippen molar-refractivity contribution in [1.29, 1.82) is 0 Å². The van der Waals surface area contributed by atoms with E-state index in [1.54, 1.807) is 16.7 Å². The summed E-state index contributed by atoms with van der Waals surface area (Å²) in [5.41, 5.74) is 0.912. The smallest absolute Gasteiger partial charge is 0.279 e. The average Bonchev–Trinajstić information content (AvgIpc) is 3.43. The molecule has 1 fully saturated rings. The molecule has 0 saturated carbocycles. The number of amides is 1. The second-order valence-corrected chi connectivity index (χ2v) is 10.2. The minimum Gasteiger partial charge on any atom is -0.312 e. The number of thiazole rings is 1. The fourth-order valence-electron chi connectivity index (χ4n) is 3.56. The number of nitrogens with zero attached hydrogens (tertiary/aromatic N) is 4. The Labute approximate surface area is 188 Å². The van der Waals surface area contributed by atoms with E-state index in [1.165, 1.54) is 40.7 Å². The van der Waals surface area contributed by atoms with Gasteiger partial charge in [-0.25, -0.2) is 8.42 Å². The molecule has 2 heterocycles. The lowest BCUT2D eigenvalue weighted by Gasteiger charge is -2.15. The van der Waals surface area contributed by atoms with Gasteiger partial charge in [0, 0.05) is 37.3 Å². The molecule has 1 aromatic heterocycles. The van der Waals surface area contributed by atoms with E-state index < -0.39 is 20.9 Å². The number of non-ortho nitro benzene ring substituents is 1. The Kier molecular flexibility index (Phi) is 6.04. The van der Waals surface area contributed by atoms with Gasteiger partial charge in [-0.15, -0.1) is 6.58 Å². The number of fused-ring (bicyclic) bond motifs is 1. The first-order chi connectivity index (χ1) is 15.3. The van der Waals surface area contributed by atoms with Crippen molar-refractivity contribution in [3.8, 4) is 0 Å². The molecular weight excluding hydrogens is 452 g/mol. The van der Waals surface area contributed by atoms with Crippen LogP contribution in [-0.2, 0) is 16.6 Å². The van der Waals surface area contributed by atoms with Crippen LogP contribution >= 0.6 is 11.3 Å². The number of allylic oxidation sites excluding steroid dienone is 1. The van der Waals surface area contributed by atoms with E-state index in [1.807, 2.05) is 0 Å². The standard InChI is InChI=1S/C21H20N4O5S2/c1-2-11-24-18-10-7-16(25(27)28)14-19(18)31-21(24)22-20(26)15-5-8-17(9-6-15)32(29,30)23-12-3-4-13-23/h2,5-10,14H,1,3-4,11-13H2. The molecule has 1 saturated heterocycles. The van der Waals surface area contributed by atoms with Crippen molar-refractivity contribution < 1.29 is 18.1 Å². The highest BCUT2D eigenvalue weighted by Gasteiger charge is 2.27. The molecule has 11 heteroatoms. The highest BCUT2D eigenvalue weighted by molar-refractivity contribution is 7.89. The van der Waals surface area contributed by atoms with Crippen molar-refractivity contribution >= 4 is 43.2 Å². The first kappa shape index (κ1) is 22.1. The van der Waals surface area contributed by atoms with E-state index in [0.717, 1.165) is 24.2 Å². The molecule has 32 heavy (non-hydrogen) atoms. The van der Waals surface area contributed by atoms with E-state index >= 15 is 0 Å². The summed E-state index contributed by atoms with van der Waals surface area (Å²) in [5.74, 6) is -0.533. The highest BCUT2D eigenvalue weighted by Crippen LogP contribution is 2.24. The second-order valence-electron chi connectivity index (χ2n) is 7.25. The molecule has 9 nitrogen and oxygen atoms in total. The predicted molar refractivity (Wildman–Crippen MR) is 121 cm³/mol. The summed E-state index contributed by atoms with van der Waals surface area (Å²) in [7, 11) is -3.56. The molecule has 2 aromatic carbocycles. The summed E-state index contributed by atoms with van der Waals surface area (Å²) in [5, 5.41) is 11.1. The quantitative estimate of drug-likeness (QED) is 0.310. The molecule has 0 bridgehead atoms. The van der Waals surface area contributed by atoms with Crippen molar-refractivity contribution in [3.63, 3.8) is 0 Å². The molecule has 4 rings (SSSR count). The zero-order chi connectivity index (χ0) is 22.9. The van der Waals surface area contributed by atoms with Crippen LogP contribution in [0.1, 0.15) is 23.2 Å². The molecule has 1 aliphatic rings. The van der Waals surface area contributed by atoms with E-state index in [0.29, 0.717) is 34.7 Å². The van der Waals surface area contributed by atoms with Crippen LogP contribution in [0.5, 0.6) is 0 Å². The first-order valence-electron chi connectivity index (χ1n) is 9.89. The van der Waals surface area contributed by atoms with Crippen molar-refractivity contribution in [3.05, 3.63) is 75.6 Å². The van der Waals surface area contributed by atoms with E-state index in [2.05, 4.69) is 11.6 Å². The molecule has 1 amide bonds. The molecule has 0 radical (unpaired) electrons. The van der Waals surface area contributed by atoms with Crippen LogP contribution in [0.15, 0.2) is 65.0 Å². The Morgan fingerprint density at radius 1 is 1.19 bits per heavy atom. The average molecular weight is 473 g/mol. The van der Waals surface area contributed by atoms with Crippen LogP contribution < -0.4 is 4.80 Å². The molecule has 0 atom stereocenters. The Morgan fingerprint density at radius 3 is 2.50 bits per heavy atom. The molecule has 166 valence electrons. The van der Waals surface area contributed by atoms with Gasteiger partial charge in [-0.1, -0.05) is 17.4 Å². The van der Waals surface area contributed by atoms with E-state index in [9.17, 15) is 23.3 Å². The number of nitro groups is 1. The molecular formula is C21H20N4O5S2. The van der Waals surface area contributed by atoms with Crippen LogP contribution in [-0.4, -0.2) is 41.2 Å². The lowest BCUT2D eigenvalue weighted by molar-refractivity contribution is -0.384. The van der Waals surface area contributed by atoms with Gasteiger partial charge in [0.25, 0.3) is 11.6 Å². The van der Waals surface area contributed by atoms with Crippen molar-refractivity contribution in [2.24, 2.45) is 4.99 Å². The highest BCUT2D eigenvalue weighted by atomic mass is 32.2. The van der Waals surface area contributed by atoms with Gasteiger partial charge in [-0.2, -0.15) is 9.30 Å². The third-order valence-electron chi connectivity index (χ3n) is 5.19. The second kappa shape index (κ2) is 8.77. The fraction of sp³-hybridized carbons (Fsp3) is 0.238. The lowest BCUT2D eigenvalue weighted by Crippen LogP contribution is -2.27. The fourth-order valence-corrected chi connectivity index (χ4v) is 6.15. The van der Waals surface area contributed by atoms with Crippen molar-refractivity contribution in [2.75, 3.05) is 13.1 Å². The molecule has 3 aromatic rings. The van der Waals surface area contributed by atoms with Crippen LogP contribution in [0.4, 0.5) is 5.69 Å². The Hall–Kier alpha value is -3.15. The maximum absolute atomic E-state index is 12.8. The third kappa shape index (κ3) is 4.14. The number of aromatic nitrogens is 1. The lowest BCUT2D eigenvalue weighted by atomic mass is 10.2. The molecule has 0 N–H and O–H groups in total. The van der Waals surface area contributed by atoms with Gasteiger partial charge in [0.1, 0.15) is 0 Å². The van der Waals surface area contributed by atoms with Gasteiger partial charge in [0.2, 0.25) is 10.0 Å². The summed E-state index contributed by atoms with van der Waals surface area (Å²) in [4.78, 5) is 28.1. The Balaban J connectivity index is 1.69. The molecule has 1 aliphatic heterocycles. The first-order valence-corrected chi connectivity index (χ1v) is 12.1. The largest absolute Gasteiger partial charge is 0.312 e. The number of sulfonamides is 1. The van der Waals surface area contributed by atoms with Gasteiger partial charge < -0.3 is 4.57 Å². The number of carbonyl (C=O) groups is 1. The van der Waals surface area contributed by atoms with Crippen molar-refractivity contribution in [2.45, 2.75) is 24.3 Å². The van der Waals surface area contributed by atoms with Gasteiger partial charge >= 0.3 is 0 Å². The minimum absolute atomic E-state index is 0.0443. The Morgan fingerprint density at radius 2 is 1.88 bits per heavy atom. The summed E-state index contributed by atoms with van der Waals surface area (Å²) >= 11 is 1.16. The van der Waals surface area contributed by atoms with Crippen LogP contribution in [0, 0.1) is 10.1 Å². The van der Waals surface area contributed by atoms with Gasteiger partial charge in [0.15, 0.2) is 4.80 Å². The molecule has 0 spiro atoms. The summed E-state index contributed by atoms with van der Waals surface area (Å²) in [6, 6.07) is 10.2. The van der Waals surface area contributed by atoms with E-state index in [4.69, 9.17) is 0 Å². The Bertz CT molecular complexity index is 1380.